The van der Waals surface area contributed by atoms with Crippen LogP contribution in [0.5, 0.6) is 0 Å². The van der Waals surface area contributed by atoms with Crippen LogP contribution in [0.4, 0.5) is 5.82 Å². The smallest absolute Gasteiger partial charge is 0.133 e. The minimum absolute atomic E-state index is 0.734. The van der Waals surface area contributed by atoms with Crippen LogP contribution in [0.15, 0.2) is 53.0 Å². The zero-order chi connectivity index (χ0) is 16.5. The molecule has 1 aliphatic rings. The summed E-state index contributed by atoms with van der Waals surface area (Å²) in [5, 5.41) is 9.23. The third-order valence-corrected chi connectivity index (χ3v) is 5.10. The zero-order valence-electron chi connectivity index (χ0n) is 13.1. The maximum Gasteiger partial charge on any atom is 0.133 e. The van der Waals surface area contributed by atoms with Gasteiger partial charge in [-0.3, -0.25) is 0 Å². The van der Waals surface area contributed by atoms with Gasteiger partial charge in [0, 0.05) is 27.2 Å². The molecular weight excluding hydrogens is 386 g/mol. The van der Waals surface area contributed by atoms with E-state index in [1.54, 1.807) is 0 Å². The minimum Gasteiger partial charge on any atom is -0.370 e. The molecule has 2 aromatic carbocycles. The Labute approximate surface area is 154 Å². The predicted molar refractivity (Wildman–Crippen MR) is 103 cm³/mol. The molecule has 0 saturated carbocycles. The molecule has 1 aromatic heterocycles. The van der Waals surface area contributed by atoms with Crippen molar-refractivity contribution >= 4 is 33.3 Å². The van der Waals surface area contributed by atoms with Crippen LogP contribution < -0.4 is 5.32 Å². The Bertz CT molecular complexity index is 784. The van der Waals surface area contributed by atoms with Crippen molar-refractivity contribution in [2.75, 3.05) is 11.9 Å². The van der Waals surface area contributed by atoms with E-state index >= 15 is 0 Å². The second kappa shape index (κ2) is 6.61. The third kappa shape index (κ3) is 2.96. The summed E-state index contributed by atoms with van der Waals surface area (Å²) in [6, 6.07) is 16.2. The van der Waals surface area contributed by atoms with Gasteiger partial charge in [0.25, 0.3) is 0 Å². The lowest BCUT2D eigenvalue weighted by Crippen LogP contribution is -2.07. The summed E-state index contributed by atoms with van der Waals surface area (Å²) in [7, 11) is 0. The van der Waals surface area contributed by atoms with E-state index in [2.05, 4.69) is 45.5 Å². The Morgan fingerprint density at radius 2 is 1.75 bits per heavy atom. The highest BCUT2D eigenvalue weighted by atomic mass is 79.9. The van der Waals surface area contributed by atoms with Gasteiger partial charge in [0.1, 0.15) is 5.82 Å². The molecule has 0 spiro atoms. The first-order valence-corrected chi connectivity index (χ1v) is 9.27. The summed E-state index contributed by atoms with van der Waals surface area (Å²) < 4.78 is 3.08. The number of benzene rings is 2. The van der Waals surface area contributed by atoms with Crippen LogP contribution in [0.3, 0.4) is 0 Å². The number of hydrogen-bond acceptors (Lipinski definition) is 2. The van der Waals surface area contributed by atoms with Crippen molar-refractivity contribution in [3.8, 4) is 16.9 Å². The molecule has 2 heterocycles. The van der Waals surface area contributed by atoms with E-state index in [1.165, 1.54) is 18.4 Å². The fraction of sp³-hybridized carbons (Fsp3) is 0.211. The Balaban J connectivity index is 1.88. The third-order valence-electron chi connectivity index (χ3n) is 4.32. The molecule has 1 N–H and O–H groups in total. The van der Waals surface area contributed by atoms with E-state index < -0.39 is 0 Å². The van der Waals surface area contributed by atoms with Gasteiger partial charge in [-0.15, -0.1) is 0 Å². The second-order valence-corrected chi connectivity index (χ2v) is 7.31. The molecule has 0 radical (unpaired) electrons. The topological polar surface area (TPSA) is 29.9 Å². The minimum atomic E-state index is 0.734. The lowest BCUT2D eigenvalue weighted by molar-refractivity contribution is 0.780. The van der Waals surface area contributed by atoms with Crippen LogP contribution in [-0.2, 0) is 6.42 Å². The quantitative estimate of drug-likeness (QED) is 0.595. The van der Waals surface area contributed by atoms with Crippen molar-refractivity contribution in [3.05, 3.63) is 63.6 Å². The van der Waals surface area contributed by atoms with Gasteiger partial charge in [0.05, 0.1) is 11.4 Å². The second-order valence-electron chi connectivity index (χ2n) is 5.95. The number of anilines is 1. The molecule has 122 valence electrons. The van der Waals surface area contributed by atoms with Crippen molar-refractivity contribution in [2.24, 2.45) is 0 Å². The highest BCUT2D eigenvalue weighted by Gasteiger charge is 2.21. The molecule has 4 rings (SSSR count). The van der Waals surface area contributed by atoms with Crippen molar-refractivity contribution in [2.45, 2.75) is 19.3 Å². The van der Waals surface area contributed by atoms with Gasteiger partial charge in [-0.2, -0.15) is 5.10 Å². The molecule has 0 bridgehead atoms. The fourth-order valence-corrected chi connectivity index (χ4v) is 3.50. The molecule has 1 aliphatic heterocycles. The highest BCUT2D eigenvalue weighted by Crippen LogP contribution is 2.34. The summed E-state index contributed by atoms with van der Waals surface area (Å²) in [6.45, 7) is 0.978. The van der Waals surface area contributed by atoms with Crippen LogP contribution in [-0.4, -0.2) is 16.3 Å². The Hall–Kier alpha value is -1.78. The first-order chi connectivity index (χ1) is 11.7. The van der Waals surface area contributed by atoms with Crippen LogP contribution in [0.2, 0.25) is 5.02 Å². The van der Waals surface area contributed by atoms with Crippen molar-refractivity contribution < 1.29 is 0 Å². The van der Waals surface area contributed by atoms with Crippen molar-refractivity contribution in [1.82, 2.24) is 9.78 Å². The molecule has 3 aromatic rings. The van der Waals surface area contributed by atoms with Crippen LogP contribution >= 0.6 is 27.5 Å². The van der Waals surface area contributed by atoms with Gasteiger partial charge in [-0.1, -0.05) is 39.7 Å². The highest BCUT2D eigenvalue weighted by molar-refractivity contribution is 9.10. The van der Waals surface area contributed by atoms with Crippen LogP contribution in [0.25, 0.3) is 16.9 Å². The van der Waals surface area contributed by atoms with E-state index in [0.717, 1.165) is 45.2 Å². The number of halogens is 2. The summed E-state index contributed by atoms with van der Waals surface area (Å²) in [5.74, 6) is 1.10. The summed E-state index contributed by atoms with van der Waals surface area (Å²) in [5.41, 5.74) is 4.52. The first kappa shape index (κ1) is 15.7. The lowest BCUT2D eigenvalue weighted by atomic mass is 10.0. The number of fused-ring (bicyclic) bond motifs is 1. The van der Waals surface area contributed by atoms with E-state index in [1.807, 2.05) is 28.9 Å². The van der Waals surface area contributed by atoms with Crippen LogP contribution in [0.1, 0.15) is 18.4 Å². The lowest BCUT2D eigenvalue weighted by Gasteiger charge is -2.09. The zero-order valence-corrected chi connectivity index (χ0v) is 15.4. The number of hydrogen-bond donors (Lipinski definition) is 1. The van der Waals surface area contributed by atoms with E-state index in [0.29, 0.717) is 0 Å². The molecule has 24 heavy (non-hydrogen) atoms. The molecule has 0 saturated heterocycles. The van der Waals surface area contributed by atoms with Gasteiger partial charge in [-0.05, 0) is 55.7 Å². The number of aromatic nitrogens is 2. The summed E-state index contributed by atoms with van der Waals surface area (Å²) in [4.78, 5) is 0. The summed E-state index contributed by atoms with van der Waals surface area (Å²) in [6.07, 6.45) is 3.40. The SMILES string of the molecule is Clc1ccc(-n2nc(-c3ccc(Br)cc3)c3c2NCCCC3)cc1. The molecular formula is C19H17BrClN3. The summed E-state index contributed by atoms with van der Waals surface area (Å²) >= 11 is 9.54. The Morgan fingerprint density at radius 1 is 1.00 bits per heavy atom. The standard InChI is InChI=1S/C19H17BrClN3/c20-14-6-4-13(5-7-14)18-17-3-1-2-12-22-19(17)24(23-18)16-10-8-15(21)9-11-16/h4-11,22H,1-3,12H2. The van der Waals surface area contributed by atoms with Gasteiger partial charge in [-0.25, -0.2) is 4.68 Å². The Kier molecular flexibility index (Phi) is 4.33. The van der Waals surface area contributed by atoms with E-state index in [-0.39, 0.29) is 0 Å². The first-order valence-electron chi connectivity index (χ1n) is 8.10. The normalized spacial score (nSPS) is 13.9. The predicted octanol–water partition coefficient (Wildman–Crippen LogP) is 5.70. The molecule has 0 fully saturated rings. The van der Waals surface area contributed by atoms with Crippen molar-refractivity contribution in [3.63, 3.8) is 0 Å². The largest absolute Gasteiger partial charge is 0.370 e. The maximum atomic E-state index is 6.03. The maximum absolute atomic E-state index is 6.03. The van der Waals surface area contributed by atoms with Gasteiger partial charge < -0.3 is 5.32 Å². The fourth-order valence-electron chi connectivity index (χ4n) is 3.11. The molecule has 0 unspecified atom stereocenters. The average molecular weight is 403 g/mol. The number of rotatable bonds is 2. The molecule has 3 nitrogen and oxygen atoms in total. The van der Waals surface area contributed by atoms with Crippen LogP contribution in [0, 0.1) is 0 Å². The average Bonchev–Trinajstić information content (AvgIpc) is 2.78. The molecule has 0 aliphatic carbocycles. The van der Waals surface area contributed by atoms with Gasteiger partial charge >= 0.3 is 0 Å². The van der Waals surface area contributed by atoms with Crippen molar-refractivity contribution in [1.29, 1.82) is 0 Å². The molecule has 0 atom stereocenters. The molecule has 5 heteroatoms. The number of nitrogens with zero attached hydrogens (tertiary/aromatic N) is 2. The van der Waals surface area contributed by atoms with Gasteiger partial charge in [0.15, 0.2) is 0 Å². The van der Waals surface area contributed by atoms with E-state index in [9.17, 15) is 0 Å². The number of nitrogens with one attached hydrogen (secondary N) is 1. The monoisotopic (exact) mass is 401 g/mol. The van der Waals surface area contributed by atoms with Gasteiger partial charge in [0.2, 0.25) is 0 Å². The molecule has 0 amide bonds. The van der Waals surface area contributed by atoms with E-state index in [4.69, 9.17) is 16.7 Å². The Morgan fingerprint density at radius 3 is 2.50 bits per heavy atom.